The van der Waals surface area contributed by atoms with Gasteiger partial charge in [-0.25, -0.2) is 13.0 Å². The average Bonchev–Trinajstić information content (AvgIpc) is 3.11. The molecule has 1 saturated heterocycles. The fraction of sp³-hybridized carbons (Fsp3) is 0.320. The zero-order chi connectivity index (χ0) is 21.6. The number of aromatic nitrogens is 1. The van der Waals surface area contributed by atoms with Crippen molar-refractivity contribution >= 4 is 44.5 Å². The molecule has 7 heteroatoms. The first-order valence-electron chi connectivity index (χ1n) is 10.6. The highest BCUT2D eigenvalue weighted by Crippen LogP contribution is 2.47. The molecule has 0 radical (unpaired) electrons. The van der Waals surface area contributed by atoms with E-state index in [-0.39, 0.29) is 7.43 Å². The van der Waals surface area contributed by atoms with Crippen LogP contribution in [-0.2, 0) is 17.1 Å². The van der Waals surface area contributed by atoms with Crippen LogP contribution in [0.3, 0.4) is 0 Å². The van der Waals surface area contributed by atoms with Crippen molar-refractivity contribution in [3.63, 3.8) is 0 Å². The molecule has 1 fully saturated rings. The fourth-order valence-electron chi connectivity index (χ4n) is 4.34. The Morgan fingerprint density at radius 1 is 1.03 bits per heavy atom. The molecule has 2 aliphatic heterocycles. The summed E-state index contributed by atoms with van der Waals surface area (Å²) >= 11 is 1.63. The molecule has 2 aliphatic rings. The second kappa shape index (κ2) is 8.89. The molecule has 0 saturated carbocycles. The summed E-state index contributed by atoms with van der Waals surface area (Å²) in [7, 11) is 0.656. The summed E-state index contributed by atoms with van der Waals surface area (Å²) in [6.45, 7) is 1.24. The van der Waals surface area contributed by atoms with E-state index in [9.17, 15) is 8.42 Å². The smallest absolute Gasteiger partial charge is 0.243 e. The standard InChI is InChI=1S/C24H26N3O2S2.CH4/c1-25-15-12-18(20-8-4-5-9-21(20)25)16-24-26(2)22-11-10-19(17-23(22)30-24)31(28,29)27-13-6-3-7-14-27;/h4-5,8-12,15-17H,3,6-7,13-14H2,1-2H3;1H4/q+1;. The van der Waals surface area contributed by atoms with E-state index in [4.69, 9.17) is 0 Å². The van der Waals surface area contributed by atoms with Crippen molar-refractivity contribution in [2.45, 2.75) is 36.5 Å². The van der Waals surface area contributed by atoms with Crippen molar-refractivity contribution in [1.82, 2.24) is 4.31 Å². The maximum atomic E-state index is 13.1. The van der Waals surface area contributed by atoms with Gasteiger partial charge in [-0.05, 0) is 48.7 Å². The zero-order valence-corrected chi connectivity index (χ0v) is 19.4. The molecular weight excluding hydrogens is 438 g/mol. The zero-order valence-electron chi connectivity index (χ0n) is 17.8. The van der Waals surface area contributed by atoms with E-state index in [1.165, 1.54) is 10.9 Å². The first kappa shape index (κ1) is 22.8. The van der Waals surface area contributed by atoms with E-state index in [1.807, 2.05) is 19.2 Å². The summed E-state index contributed by atoms with van der Waals surface area (Å²) in [6, 6.07) is 16.0. The van der Waals surface area contributed by atoms with Crippen LogP contribution in [0.5, 0.6) is 0 Å². The van der Waals surface area contributed by atoms with Gasteiger partial charge in [0.2, 0.25) is 15.5 Å². The van der Waals surface area contributed by atoms with Crippen LogP contribution in [0.15, 0.2) is 69.5 Å². The third-order valence-electron chi connectivity index (χ3n) is 6.14. The van der Waals surface area contributed by atoms with Gasteiger partial charge < -0.3 is 4.90 Å². The normalized spacial score (nSPS) is 18.1. The number of hydrogen-bond acceptors (Lipinski definition) is 4. The monoisotopic (exact) mass is 468 g/mol. The molecule has 168 valence electrons. The molecule has 0 spiro atoms. The average molecular weight is 469 g/mol. The van der Waals surface area contributed by atoms with Crippen LogP contribution in [0.25, 0.3) is 17.0 Å². The highest BCUT2D eigenvalue weighted by Gasteiger charge is 2.29. The van der Waals surface area contributed by atoms with E-state index >= 15 is 0 Å². The lowest BCUT2D eigenvalue weighted by molar-refractivity contribution is -0.644. The molecule has 0 unspecified atom stereocenters. The van der Waals surface area contributed by atoms with E-state index < -0.39 is 10.0 Å². The third kappa shape index (κ3) is 3.93. The highest BCUT2D eigenvalue weighted by atomic mass is 32.2. The van der Waals surface area contributed by atoms with Crippen molar-refractivity contribution < 1.29 is 13.0 Å². The van der Waals surface area contributed by atoms with Gasteiger partial charge in [0.05, 0.1) is 21.0 Å². The van der Waals surface area contributed by atoms with Crippen LogP contribution in [0, 0.1) is 0 Å². The number of thioether (sulfide) groups is 1. The van der Waals surface area contributed by atoms with Crippen molar-refractivity contribution in [3.05, 3.63) is 65.3 Å². The number of rotatable bonds is 3. The number of nitrogens with zero attached hydrogens (tertiary/aromatic N) is 3. The van der Waals surface area contributed by atoms with Gasteiger partial charge in [-0.15, -0.1) is 0 Å². The number of fused-ring (bicyclic) bond motifs is 2. The predicted molar refractivity (Wildman–Crippen MR) is 133 cm³/mol. The molecular formula is C25H30N3O2S2+. The first-order chi connectivity index (χ1) is 14.9. The van der Waals surface area contributed by atoms with Gasteiger partial charge in [0.25, 0.3) is 0 Å². The van der Waals surface area contributed by atoms with Crippen molar-refractivity contribution in [2.75, 3.05) is 25.0 Å². The summed E-state index contributed by atoms with van der Waals surface area (Å²) < 4.78 is 30.0. The summed E-state index contributed by atoms with van der Waals surface area (Å²) in [4.78, 5) is 3.52. The SMILES string of the molecule is C.CN1C(=Cc2cc[n+](C)c3ccccc23)Sc2cc(S(=O)(=O)N3CCCCC3)ccc21. The quantitative estimate of drug-likeness (QED) is 0.507. The van der Waals surface area contributed by atoms with Crippen LogP contribution in [0.1, 0.15) is 32.3 Å². The van der Waals surface area contributed by atoms with E-state index in [2.05, 4.69) is 59.1 Å². The maximum absolute atomic E-state index is 13.1. The highest BCUT2D eigenvalue weighted by molar-refractivity contribution is 8.04. The Balaban J connectivity index is 0.00000245. The maximum Gasteiger partial charge on any atom is 0.243 e. The lowest BCUT2D eigenvalue weighted by Crippen LogP contribution is -2.35. The van der Waals surface area contributed by atoms with E-state index in [0.717, 1.165) is 40.4 Å². The summed E-state index contributed by atoms with van der Waals surface area (Å²) in [5.74, 6) is 0. The molecule has 1 aromatic heterocycles. The predicted octanol–water partition coefficient (Wildman–Crippen LogP) is 5.02. The fourth-order valence-corrected chi connectivity index (χ4v) is 7.10. The van der Waals surface area contributed by atoms with Gasteiger partial charge in [-0.3, -0.25) is 0 Å². The second-order valence-electron chi connectivity index (χ2n) is 8.14. The van der Waals surface area contributed by atoms with Gasteiger partial charge in [-0.1, -0.05) is 37.7 Å². The minimum Gasteiger partial charge on any atom is -0.338 e. The van der Waals surface area contributed by atoms with Crippen LogP contribution < -0.4 is 9.47 Å². The molecule has 3 heterocycles. The number of pyridine rings is 1. The van der Waals surface area contributed by atoms with Crippen molar-refractivity contribution in [1.29, 1.82) is 0 Å². The Hall–Kier alpha value is -2.35. The first-order valence-corrected chi connectivity index (χ1v) is 12.9. The van der Waals surface area contributed by atoms with E-state index in [0.29, 0.717) is 18.0 Å². The number of para-hydroxylation sites is 1. The third-order valence-corrected chi connectivity index (χ3v) is 9.18. The summed E-state index contributed by atoms with van der Waals surface area (Å²) in [5.41, 5.74) is 3.37. The molecule has 3 aromatic rings. The number of piperidine rings is 1. The Morgan fingerprint density at radius 3 is 2.56 bits per heavy atom. The van der Waals surface area contributed by atoms with Gasteiger partial charge in [0.15, 0.2) is 6.20 Å². The number of anilines is 1. The molecule has 0 amide bonds. The van der Waals surface area contributed by atoms with Crippen molar-refractivity contribution in [2.24, 2.45) is 7.05 Å². The van der Waals surface area contributed by atoms with Gasteiger partial charge in [-0.2, -0.15) is 4.31 Å². The lowest BCUT2D eigenvalue weighted by atomic mass is 10.1. The minimum absolute atomic E-state index is 0. The number of benzene rings is 2. The molecule has 0 N–H and O–H groups in total. The summed E-state index contributed by atoms with van der Waals surface area (Å²) in [5, 5.41) is 2.28. The van der Waals surface area contributed by atoms with Gasteiger partial charge in [0.1, 0.15) is 7.05 Å². The molecule has 32 heavy (non-hydrogen) atoms. The summed E-state index contributed by atoms with van der Waals surface area (Å²) in [6.07, 6.45) is 7.25. The topological polar surface area (TPSA) is 44.5 Å². The number of aryl methyl sites for hydroxylation is 1. The Bertz CT molecular complexity index is 1300. The Labute approximate surface area is 195 Å². The van der Waals surface area contributed by atoms with Crippen LogP contribution in [0.2, 0.25) is 0 Å². The number of hydrogen-bond donors (Lipinski definition) is 0. The molecule has 2 aromatic carbocycles. The Kier molecular flexibility index (Phi) is 6.34. The van der Waals surface area contributed by atoms with Gasteiger partial charge >= 0.3 is 0 Å². The Morgan fingerprint density at radius 2 is 1.78 bits per heavy atom. The largest absolute Gasteiger partial charge is 0.338 e. The minimum atomic E-state index is -3.43. The van der Waals surface area contributed by atoms with Crippen LogP contribution >= 0.6 is 11.8 Å². The second-order valence-corrected chi connectivity index (χ2v) is 11.1. The number of sulfonamides is 1. The molecule has 0 bridgehead atoms. The van der Waals surface area contributed by atoms with E-state index in [1.54, 1.807) is 22.1 Å². The lowest BCUT2D eigenvalue weighted by Gasteiger charge is -2.26. The van der Waals surface area contributed by atoms with Gasteiger partial charge in [0, 0.05) is 37.2 Å². The van der Waals surface area contributed by atoms with Crippen LogP contribution in [0.4, 0.5) is 5.69 Å². The molecule has 5 nitrogen and oxygen atoms in total. The van der Waals surface area contributed by atoms with Crippen molar-refractivity contribution in [3.8, 4) is 0 Å². The van der Waals surface area contributed by atoms with Crippen LogP contribution in [-0.4, -0.2) is 32.9 Å². The molecule has 5 rings (SSSR count). The molecule has 0 aliphatic carbocycles. The molecule has 0 atom stereocenters.